The van der Waals surface area contributed by atoms with Crippen LogP contribution in [0.3, 0.4) is 0 Å². The van der Waals surface area contributed by atoms with Crippen LogP contribution in [0, 0.1) is 5.92 Å². The van der Waals surface area contributed by atoms with Crippen LogP contribution >= 0.6 is 0 Å². The lowest BCUT2D eigenvalue weighted by atomic mass is 9.95. The average Bonchev–Trinajstić information content (AvgIpc) is 2.75. The zero-order chi connectivity index (χ0) is 20.9. The molecule has 3 rings (SSSR count). The molecular weight excluding hydrogens is 392 g/mol. The van der Waals surface area contributed by atoms with E-state index in [9.17, 15) is 18.0 Å². The van der Waals surface area contributed by atoms with E-state index in [4.69, 9.17) is 4.74 Å². The van der Waals surface area contributed by atoms with Gasteiger partial charge in [0, 0.05) is 19.1 Å². The summed E-state index contributed by atoms with van der Waals surface area (Å²) < 4.78 is 32.1. The summed E-state index contributed by atoms with van der Waals surface area (Å²) >= 11 is 0. The summed E-state index contributed by atoms with van der Waals surface area (Å²) in [6, 6.07) is 8.47. The first-order chi connectivity index (χ1) is 13.9. The number of hydrogen-bond acceptors (Lipinski definition) is 5. The van der Waals surface area contributed by atoms with E-state index in [0.717, 1.165) is 25.7 Å². The van der Waals surface area contributed by atoms with Gasteiger partial charge in [0.25, 0.3) is 5.91 Å². The molecule has 1 aromatic rings. The fourth-order valence-corrected chi connectivity index (χ4v) is 5.45. The third-order valence-electron chi connectivity index (χ3n) is 5.78. The molecule has 1 atom stereocenters. The molecule has 1 aromatic carbocycles. The molecule has 0 spiro atoms. The zero-order valence-electron chi connectivity index (χ0n) is 16.9. The van der Waals surface area contributed by atoms with Crippen molar-refractivity contribution in [2.24, 2.45) is 5.92 Å². The molecular formula is C21H30N2O5S. The number of ether oxygens (including phenoxy) is 1. The Morgan fingerprint density at radius 3 is 2.28 bits per heavy atom. The predicted octanol–water partition coefficient (Wildman–Crippen LogP) is 2.47. The number of sulfonamides is 1. The maximum absolute atomic E-state index is 12.7. The molecule has 1 amide bonds. The van der Waals surface area contributed by atoms with E-state index in [1.54, 1.807) is 37.3 Å². The van der Waals surface area contributed by atoms with Crippen molar-refractivity contribution in [2.45, 2.75) is 68.9 Å². The van der Waals surface area contributed by atoms with Gasteiger partial charge in [-0.3, -0.25) is 9.59 Å². The highest BCUT2D eigenvalue weighted by Gasteiger charge is 2.34. The lowest BCUT2D eigenvalue weighted by molar-refractivity contribution is -0.160. The predicted molar refractivity (Wildman–Crippen MR) is 108 cm³/mol. The van der Waals surface area contributed by atoms with Crippen molar-refractivity contribution in [3.63, 3.8) is 0 Å². The first kappa shape index (κ1) is 21.8. The number of piperidine rings is 1. The number of esters is 1. The second-order valence-electron chi connectivity index (χ2n) is 7.91. The van der Waals surface area contributed by atoms with Gasteiger partial charge < -0.3 is 10.1 Å². The number of nitrogens with zero attached hydrogens (tertiary/aromatic N) is 1. The van der Waals surface area contributed by atoms with Gasteiger partial charge in [-0.05, 0) is 44.7 Å². The standard InChI is InChI=1S/C21H30N2O5S/c1-16(20(24)22-18-8-4-2-5-9-18)28-21(25)17-12-14-23(15-13-17)29(26,27)19-10-6-3-7-11-19/h3,6-7,10-11,16-18H,2,4-5,8-9,12-15H2,1H3,(H,22,24)/t16-/m1/s1. The van der Waals surface area contributed by atoms with Crippen molar-refractivity contribution in [3.8, 4) is 0 Å². The van der Waals surface area contributed by atoms with Gasteiger partial charge in [0.2, 0.25) is 10.0 Å². The monoisotopic (exact) mass is 422 g/mol. The number of amides is 1. The fourth-order valence-electron chi connectivity index (χ4n) is 3.96. The Hall–Kier alpha value is -1.93. The van der Waals surface area contributed by atoms with Gasteiger partial charge in [-0.25, -0.2) is 8.42 Å². The van der Waals surface area contributed by atoms with Crippen LogP contribution in [-0.2, 0) is 24.3 Å². The lowest BCUT2D eigenvalue weighted by Crippen LogP contribution is -2.44. The highest BCUT2D eigenvalue weighted by atomic mass is 32.2. The smallest absolute Gasteiger partial charge is 0.309 e. The Balaban J connectivity index is 1.47. The maximum atomic E-state index is 12.7. The molecule has 2 fully saturated rings. The third-order valence-corrected chi connectivity index (χ3v) is 7.69. The van der Waals surface area contributed by atoms with Crippen LogP contribution in [-0.4, -0.2) is 49.8 Å². The van der Waals surface area contributed by atoms with Crippen LogP contribution in [0.15, 0.2) is 35.2 Å². The summed E-state index contributed by atoms with van der Waals surface area (Å²) in [5.41, 5.74) is 0. The molecule has 0 unspecified atom stereocenters. The van der Waals surface area contributed by atoms with Crippen LogP contribution in [0.1, 0.15) is 51.9 Å². The van der Waals surface area contributed by atoms with Gasteiger partial charge in [0.05, 0.1) is 10.8 Å². The highest BCUT2D eigenvalue weighted by molar-refractivity contribution is 7.89. The summed E-state index contributed by atoms with van der Waals surface area (Å²) in [6.45, 7) is 2.12. The Labute approximate surface area is 172 Å². The SMILES string of the molecule is C[C@@H](OC(=O)C1CCN(S(=O)(=O)c2ccccc2)CC1)C(=O)NC1CCCCC1. The first-order valence-corrected chi connectivity index (χ1v) is 11.9. The van der Waals surface area contributed by atoms with E-state index in [1.807, 2.05) is 0 Å². The van der Waals surface area contributed by atoms with Crippen molar-refractivity contribution in [2.75, 3.05) is 13.1 Å². The van der Waals surface area contributed by atoms with E-state index in [1.165, 1.54) is 10.7 Å². The second kappa shape index (κ2) is 9.71. The molecule has 0 radical (unpaired) electrons. The van der Waals surface area contributed by atoms with Gasteiger partial charge in [0.1, 0.15) is 0 Å². The molecule has 2 aliphatic rings. The van der Waals surface area contributed by atoms with Crippen LogP contribution in [0.2, 0.25) is 0 Å². The molecule has 0 bridgehead atoms. The summed E-state index contributed by atoms with van der Waals surface area (Å²) in [5.74, 6) is -1.07. The van der Waals surface area contributed by atoms with Crippen molar-refractivity contribution in [3.05, 3.63) is 30.3 Å². The molecule has 160 valence electrons. The number of carbonyl (C=O) groups excluding carboxylic acids is 2. The maximum Gasteiger partial charge on any atom is 0.309 e. The Kier molecular flexibility index (Phi) is 7.29. The number of nitrogens with one attached hydrogen (secondary N) is 1. The van der Waals surface area contributed by atoms with E-state index >= 15 is 0 Å². The molecule has 29 heavy (non-hydrogen) atoms. The summed E-state index contributed by atoms with van der Waals surface area (Å²) in [5, 5.41) is 2.97. The fraction of sp³-hybridized carbons (Fsp3) is 0.619. The van der Waals surface area contributed by atoms with E-state index in [0.29, 0.717) is 12.8 Å². The van der Waals surface area contributed by atoms with Gasteiger partial charge in [-0.2, -0.15) is 4.31 Å². The zero-order valence-corrected chi connectivity index (χ0v) is 17.7. The van der Waals surface area contributed by atoms with E-state index in [-0.39, 0.29) is 35.9 Å². The number of hydrogen-bond donors (Lipinski definition) is 1. The van der Waals surface area contributed by atoms with Gasteiger partial charge in [-0.15, -0.1) is 0 Å². The van der Waals surface area contributed by atoms with Gasteiger partial charge in [0.15, 0.2) is 6.10 Å². The minimum absolute atomic E-state index is 0.170. The molecule has 1 aliphatic heterocycles. The molecule has 1 N–H and O–H groups in total. The average molecular weight is 423 g/mol. The van der Waals surface area contributed by atoms with Crippen molar-refractivity contribution >= 4 is 21.9 Å². The molecule has 8 heteroatoms. The Morgan fingerprint density at radius 2 is 1.66 bits per heavy atom. The van der Waals surface area contributed by atoms with Crippen LogP contribution in [0.4, 0.5) is 0 Å². The first-order valence-electron chi connectivity index (χ1n) is 10.4. The molecule has 1 saturated heterocycles. The van der Waals surface area contributed by atoms with Gasteiger partial charge in [-0.1, -0.05) is 37.5 Å². The van der Waals surface area contributed by atoms with Crippen molar-refractivity contribution in [1.29, 1.82) is 0 Å². The quantitative estimate of drug-likeness (QED) is 0.711. The van der Waals surface area contributed by atoms with Crippen LogP contribution in [0.5, 0.6) is 0 Å². The minimum atomic E-state index is -3.55. The molecule has 1 aliphatic carbocycles. The molecule has 1 heterocycles. The summed E-state index contributed by atoms with van der Waals surface area (Å²) in [4.78, 5) is 25.0. The topological polar surface area (TPSA) is 92.8 Å². The number of rotatable bonds is 6. The lowest BCUT2D eigenvalue weighted by Gasteiger charge is -2.30. The minimum Gasteiger partial charge on any atom is -0.452 e. The van der Waals surface area contributed by atoms with Crippen LogP contribution in [0.25, 0.3) is 0 Å². The molecule has 7 nitrogen and oxygen atoms in total. The number of benzene rings is 1. The van der Waals surface area contributed by atoms with E-state index < -0.39 is 22.1 Å². The Bertz CT molecular complexity index is 798. The summed E-state index contributed by atoms with van der Waals surface area (Å²) in [7, 11) is -3.55. The Morgan fingerprint density at radius 1 is 1.03 bits per heavy atom. The largest absolute Gasteiger partial charge is 0.452 e. The van der Waals surface area contributed by atoms with Crippen molar-refractivity contribution < 1.29 is 22.7 Å². The van der Waals surface area contributed by atoms with Crippen molar-refractivity contribution in [1.82, 2.24) is 9.62 Å². The summed E-state index contributed by atoms with van der Waals surface area (Å²) in [6.07, 6.45) is 5.32. The second-order valence-corrected chi connectivity index (χ2v) is 9.85. The number of carbonyl (C=O) groups is 2. The van der Waals surface area contributed by atoms with Crippen LogP contribution < -0.4 is 5.32 Å². The molecule has 1 saturated carbocycles. The van der Waals surface area contributed by atoms with Gasteiger partial charge >= 0.3 is 5.97 Å². The van der Waals surface area contributed by atoms with E-state index in [2.05, 4.69) is 5.32 Å². The normalized spacial score (nSPS) is 20.7. The highest BCUT2D eigenvalue weighted by Crippen LogP contribution is 2.25. The third kappa shape index (κ3) is 5.57. The molecule has 0 aromatic heterocycles.